The van der Waals surface area contributed by atoms with Crippen molar-refractivity contribution in [3.05, 3.63) is 29.3 Å². The summed E-state index contributed by atoms with van der Waals surface area (Å²) in [6.45, 7) is 1.17. The van der Waals surface area contributed by atoms with Crippen molar-refractivity contribution in [1.82, 2.24) is 10.2 Å². The number of piperidine rings is 1. The molecule has 0 radical (unpaired) electrons. The van der Waals surface area contributed by atoms with E-state index in [9.17, 15) is 9.59 Å². The van der Waals surface area contributed by atoms with Gasteiger partial charge in [0.1, 0.15) is 0 Å². The van der Waals surface area contributed by atoms with E-state index in [-0.39, 0.29) is 12.1 Å². The first-order valence-corrected chi connectivity index (χ1v) is 7.12. The van der Waals surface area contributed by atoms with Crippen molar-refractivity contribution in [2.75, 3.05) is 25.5 Å². The summed E-state index contributed by atoms with van der Waals surface area (Å²) < 4.78 is 4.56. The number of nitrogens with one attached hydrogen (secondary N) is 2. The smallest absolute Gasteiger partial charge is 0.407 e. The number of nitrogens with zero attached hydrogens (tertiary/aromatic N) is 1. The maximum atomic E-state index is 12.1. The number of alkyl carbamates (subject to hydrolysis) is 1. The molecule has 1 saturated heterocycles. The van der Waals surface area contributed by atoms with Crippen LogP contribution in [0.2, 0.25) is 5.02 Å². The summed E-state index contributed by atoms with van der Waals surface area (Å²) >= 11 is 5.88. The first-order chi connectivity index (χ1) is 10.1. The zero-order valence-electron chi connectivity index (χ0n) is 11.8. The number of benzene rings is 1. The van der Waals surface area contributed by atoms with Crippen LogP contribution in [0.15, 0.2) is 24.3 Å². The number of hydrogen-bond donors (Lipinski definition) is 2. The molecular weight excluding hydrogens is 294 g/mol. The Hall–Kier alpha value is -1.95. The van der Waals surface area contributed by atoms with E-state index >= 15 is 0 Å². The third-order valence-electron chi connectivity index (χ3n) is 3.37. The van der Waals surface area contributed by atoms with Crippen molar-refractivity contribution in [3.8, 4) is 0 Å². The fraction of sp³-hybridized carbons (Fsp3) is 0.429. The SMILES string of the molecule is COC(=O)NC1CCN(C(=O)Nc2cccc(Cl)c2)CC1. The molecule has 2 N–H and O–H groups in total. The van der Waals surface area contributed by atoms with Crippen LogP contribution in [0, 0.1) is 0 Å². The molecule has 1 heterocycles. The number of ether oxygens (including phenoxy) is 1. The lowest BCUT2D eigenvalue weighted by Crippen LogP contribution is -2.47. The molecule has 1 aromatic carbocycles. The van der Waals surface area contributed by atoms with E-state index in [1.807, 2.05) is 0 Å². The summed E-state index contributed by atoms with van der Waals surface area (Å²) in [5.74, 6) is 0. The second kappa shape index (κ2) is 7.17. The Labute approximate surface area is 128 Å². The number of rotatable bonds is 2. The summed E-state index contributed by atoms with van der Waals surface area (Å²) in [6, 6.07) is 6.91. The molecule has 0 spiro atoms. The van der Waals surface area contributed by atoms with E-state index in [0.29, 0.717) is 36.6 Å². The van der Waals surface area contributed by atoms with Crippen LogP contribution in [0.25, 0.3) is 0 Å². The van der Waals surface area contributed by atoms with Gasteiger partial charge in [-0.15, -0.1) is 0 Å². The van der Waals surface area contributed by atoms with E-state index in [1.54, 1.807) is 29.2 Å². The number of likely N-dealkylation sites (tertiary alicyclic amines) is 1. The Morgan fingerprint density at radius 1 is 1.33 bits per heavy atom. The number of carbonyl (C=O) groups is 2. The van der Waals surface area contributed by atoms with Crippen LogP contribution in [-0.4, -0.2) is 43.3 Å². The Morgan fingerprint density at radius 2 is 2.05 bits per heavy atom. The highest BCUT2D eigenvalue weighted by molar-refractivity contribution is 6.30. The highest BCUT2D eigenvalue weighted by Gasteiger charge is 2.24. The Kier molecular flexibility index (Phi) is 5.27. The van der Waals surface area contributed by atoms with Crippen LogP contribution in [0.4, 0.5) is 15.3 Å². The van der Waals surface area contributed by atoms with Crippen molar-refractivity contribution in [2.24, 2.45) is 0 Å². The van der Waals surface area contributed by atoms with Gasteiger partial charge < -0.3 is 20.3 Å². The highest BCUT2D eigenvalue weighted by atomic mass is 35.5. The van der Waals surface area contributed by atoms with Gasteiger partial charge in [-0.25, -0.2) is 9.59 Å². The summed E-state index contributed by atoms with van der Waals surface area (Å²) in [4.78, 5) is 25.0. The lowest BCUT2D eigenvalue weighted by molar-refractivity contribution is 0.155. The van der Waals surface area contributed by atoms with E-state index in [1.165, 1.54) is 7.11 Å². The molecule has 21 heavy (non-hydrogen) atoms. The van der Waals surface area contributed by atoms with E-state index < -0.39 is 6.09 Å². The summed E-state index contributed by atoms with van der Waals surface area (Å²) in [6.07, 6.45) is 0.979. The molecule has 2 rings (SSSR count). The summed E-state index contributed by atoms with van der Waals surface area (Å²) in [7, 11) is 1.34. The van der Waals surface area contributed by atoms with Gasteiger partial charge >= 0.3 is 12.1 Å². The minimum Gasteiger partial charge on any atom is -0.453 e. The quantitative estimate of drug-likeness (QED) is 0.882. The van der Waals surface area contributed by atoms with Crippen LogP contribution < -0.4 is 10.6 Å². The van der Waals surface area contributed by atoms with Gasteiger partial charge in [-0.05, 0) is 31.0 Å². The number of carbonyl (C=O) groups excluding carboxylic acids is 2. The molecule has 0 atom stereocenters. The molecule has 7 heteroatoms. The number of urea groups is 1. The highest BCUT2D eigenvalue weighted by Crippen LogP contribution is 2.17. The number of anilines is 1. The van der Waals surface area contributed by atoms with Gasteiger partial charge in [-0.3, -0.25) is 0 Å². The average Bonchev–Trinajstić information content (AvgIpc) is 2.47. The molecule has 0 saturated carbocycles. The first kappa shape index (κ1) is 15.4. The second-order valence-corrected chi connectivity index (χ2v) is 5.27. The van der Waals surface area contributed by atoms with Gasteiger partial charge in [0.05, 0.1) is 7.11 Å². The van der Waals surface area contributed by atoms with Crippen LogP contribution in [0.5, 0.6) is 0 Å². The van der Waals surface area contributed by atoms with Gasteiger partial charge in [0, 0.05) is 29.8 Å². The fourth-order valence-electron chi connectivity index (χ4n) is 2.22. The largest absolute Gasteiger partial charge is 0.453 e. The lowest BCUT2D eigenvalue weighted by Gasteiger charge is -2.32. The molecule has 1 aliphatic rings. The van der Waals surface area contributed by atoms with E-state index in [4.69, 9.17) is 11.6 Å². The number of hydrogen-bond acceptors (Lipinski definition) is 3. The number of amides is 3. The Bertz CT molecular complexity index is 516. The van der Waals surface area contributed by atoms with Crippen molar-refractivity contribution in [2.45, 2.75) is 18.9 Å². The monoisotopic (exact) mass is 311 g/mol. The average molecular weight is 312 g/mol. The standard InChI is InChI=1S/C14H18ClN3O3/c1-21-14(20)17-11-5-7-18(8-6-11)13(19)16-12-4-2-3-10(15)9-12/h2-4,9,11H,5-8H2,1H3,(H,16,19)(H,17,20). The minimum atomic E-state index is -0.433. The molecule has 3 amide bonds. The second-order valence-electron chi connectivity index (χ2n) is 4.84. The maximum absolute atomic E-state index is 12.1. The molecule has 0 bridgehead atoms. The van der Waals surface area contributed by atoms with E-state index in [0.717, 1.165) is 0 Å². The van der Waals surface area contributed by atoms with Crippen molar-refractivity contribution >= 4 is 29.4 Å². The topological polar surface area (TPSA) is 70.7 Å². The van der Waals surface area contributed by atoms with Gasteiger partial charge in [0.2, 0.25) is 0 Å². The molecule has 0 unspecified atom stereocenters. The van der Waals surface area contributed by atoms with Crippen LogP contribution >= 0.6 is 11.6 Å². The van der Waals surface area contributed by atoms with Crippen molar-refractivity contribution < 1.29 is 14.3 Å². The molecule has 1 fully saturated rings. The summed E-state index contributed by atoms with van der Waals surface area (Å²) in [5.41, 5.74) is 0.669. The zero-order valence-corrected chi connectivity index (χ0v) is 12.5. The third-order valence-corrected chi connectivity index (χ3v) is 3.60. The molecule has 114 valence electrons. The van der Waals surface area contributed by atoms with Crippen LogP contribution in [0.1, 0.15) is 12.8 Å². The molecular formula is C14H18ClN3O3. The predicted molar refractivity (Wildman–Crippen MR) is 80.6 cm³/mol. The normalized spacial score (nSPS) is 15.4. The Morgan fingerprint density at radius 3 is 2.67 bits per heavy atom. The Balaban J connectivity index is 1.82. The van der Waals surface area contributed by atoms with Gasteiger partial charge in [-0.1, -0.05) is 17.7 Å². The van der Waals surface area contributed by atoms with Gasteiger partial charge in [0.25, 0.3) is 0 Å². The first-order valence-electron chi connectivity index (χ1n) is 6.74. The van der Waals surface area contributed by atoms with Crippen LogP contribution in [-0.2, 0) is 4.74 Å². The van der Waals surface area contributed by atoms with Crippen molar-refractivity contribution in [1.29, 1.82) is 0 Å². The maximum Gasteiger partial charge on any atom is 0.407 e. The van der Waals surface area contributed by atoms with Gasteiger partial charge in [0.15, 0.2) is 0 Å². The fourth-order valence-corrected chi connectivity index (χ4v) is 2.41. The van der Waals surface area contributed by atoms with Crippen molar-refractivity contribution in [3.63, 3.8) is 0 Å². The third kappa shape index (κ3) is 4.53. The molecule has 0 aliphatic carbocycles. The lowest BCUT2D eigenvalue weighted by atomic mass is 10.1. The molecule has 0 aromatic heterocycles. The van der Waals surface area contributed by atoms with Crippen LogP contribution in [0.3, 0.4) is 0 Å². The zero-order chi connectivity index (χ0) is 15.2. The summed E-state index contributed by atoms with van der Waals surface area (Å²) in [5, 5.41) is 6.14. The minimum absolute atomic E-state index is 0.0488. The molecule has 6 nitrogen and oxygen atoms in total. The molecule has 1 aliphatic heterocycles. The van der Waals surface area contributed by atoms with E-state index in [2.05, 4.69) is 15.4 Å². The number of methoxy groups -OCH3 is 1. The molecule has 1 aromatic rings. The predicted octanol–water partition coefficient (Wildman–Crippen LogP) is 2.69. The van der Waals surface area contributed by atoms with Gasteiger partial charge in [-0.2, -0.15) is 0 Å². The number of halogens is 1.